The van der Waals surface area contributed by atoms with Gasteiger partial charge >= 0.3 is 5.97 Å². The largest absolute Gasteiger partial charge is 0.465 e. The van der Waals surface area contributed by atoms with Crippen molar-refractivity contribution >= 4 is 29.2 Å². The molecule has 1 aromatic rings. The SMILES string of the molecule is CCOC(=O)C(NCCCN=[N+]=[N-])c1ccc(Cl)cc1Cl. The number of carbonyl (C=O) groups is 1. The van der Waals surface area contributed by atoms with Crippen LogP contribution in [0.15, 0.2) is 23.3 Å². The molecule has 6 nitrogen and oxygen atoms in total. The third kappa shape index (κ3) is 5.81. The summed E-state index contributed by atoms with van der Waals surface area (Å²) in [6, 6.07) is 4.25. The molecule has 1 unspecified atom stereocenters. The van der Waals surface area contributed by atoms with Crippen LogP contribution in [0.1, 0.15) is 24.9 Å². The summed E-state index contributed by atoms with van der Waals surface area (Å²) in [5.41, 5.74) is 8.81. The van der Waals surface area contributed by atoms with Crippen LogP contribution < -0.4 is 5.32 Å². The first-order valence-corrected chi connectivity index (χ1v) is 7.21. The number of nitrogens with one attached hydrogen (secondary N) is 1. The Morgan fingerprint density at radius 3 is 2.90 bits per heavy atom. The lowest BCUT2D eigenvalue weighted by Gasteiger charge is -2.18. The standard InChI is InChI=1S/C13H16Cl2N4O2/c1-2-21-13(20)12(17-6-3-7-18-19-16)10-5-4-9(14)8-11(10)15/h4-5,8,12,17H,2-3,6-7H2,1H3. The maximum Gasteiger partial charge on any atom is 0.327 e. The molecule has 1 atom stereocenters. The summed E-state index contributed by atoms with van der Waals surface area (Å²) < 4.78 is 5.05. The predicted molar refractivity (Wildman–Crippen MR) is 82.5 cm³/mol. The highest BCUT2D eigenvalue weighted by Crippen LogP contribution is 2.27. The summed E-state index contributed by atoms with van der Waals surface area (Å²) >= 11 is 12.0. The smallest absolute Gasteiger partial charge is 0.327 e. The molecule has 0 fully saturated rings. The van der Waals surface area contributed by atoms with Crippen LogP contribution in [0.3, 0.4) is 0 Å². The van der Waals surface area contributed by atoms with Gasteiger partial charge in [0.15, 0.2) is 0 Å². The van der Waals surface area contributed by atoms with Crippen molar-refractivity contribution in [3.05, 3.63) is 44.3 Å². The number of ether oxygens (including phenoxy) is 1. The minimum atomic E-state index is -0.680. The molecule has 0 saturated carbocycles. The Morgan fingerprint density at radius 2 is 2.29 bits per heavy atom. The zero-order valence-electron chi connectivity index (χ0n) is 11.6. The van der Waals surface area contributed by atoms with Crippen LogP contribution in [0, 0.1) is 0 Å². The van der Waals surface area contributed by atoms with Gasteiger partial charge in [0.2, 0.25) is 0 Å². The van der Waals surface area contributed by atoms with E-state index < -0.39 is 12.0 Å². The van der Waals surface area contributed by atoms with Crippen molar-refractivity contribution in [2.24, 2.45) is 5.11 Å². The first kappa shape index (κ1) is 17.6. The average Bonchev–Trinajstić information content (AvgIpc) is 2.44. The molecule has 1 aromatic carbocycles. The molecule has 0 aliphatic carbocycles. The monoisotopic (exact) mass is 330 g/mol. The van der Waals surface area contributed by atoms with Crippen LogP contribution >= 0.6 is 23.2 Å². The normalized spacial score (nSPS) is 11.6. The molecule has 0 amide bonds. The Kier molecular flexibility index (Phi) is 7.93. The quantitative estimate of drug-likeness (QED) is 0.258. The number of carbonyl (C=O) groups excluding carboxylic acids is 1. The molecular weight excluding hydrogens is 315 g/mol. The summed E-state index contributed by atoms with van der Waals surface area (Å²) in [6.07, 6.45) is 0.602. The Balaban J connectivity index is 2.81. The van der Waals surface area contributed by atoms with Crippen LogP contribution in [0.5, 0.6) is 0 Å². The van der Waals surface area contributed by atoms with E-state index >= 15 is 0 Å². The van der Waals surface area contributed by atoms with Gasteiger partial charge < -0.3 is 10.1 Å². The Labute approximate surface area is 133 Å². The highest BCUT2D eigenvalue weighted by atomic mass is 35.5. The van der Waals surface area contributed by atoms with Crippen molar-refractivity contribution in [3.8, 4) is 0 Å². The summed E-state index contributed by atoms with van der Waals surface area (Å²) in [7, 11) is 0. The van der Waals surface area contributed by atoms with E-state index in [0.29, 0.717) is 35.1 Å². The van der Waals surface area contributed by atoms with Crippen LogP contribution in [-0.2, 0) is 9.53 Å². The van der Waals surface area contributed by atoms with Gasteiger partial charge in [-0.1, -0.05) is 34.4 Å². The molecule has 8 heteroatoms. The fourth-order valence-corrected chi connectivity index (χ4v) is 2.24. The van der Waals surface area contributed by atoms with Gasteiger partial charge in [0.25, 0.3) is 0 Å². The third-order valence-electron chi connectivity index (χ3n) is 2.64. The van der Waals surface area contributed by atoms with E-state index in [-0.39, 0.29) is 6.61 Å². The van der Waals surface area contributed by atoms with E-state index in [2.05, 4.69) is 15.3 Å². The van der Waals surface area contributed by atoms with Crippen LogP contribution in [0.25, 0.3) is 10.4 Å². The van der Waals surface area contributed by atoms with Crippen LogP contribution in [0.2, 0.25) is 10.0 Å². The van der Waals surface area contributed by atoms with Gasteiger partial charge in [-0.05, 0) is 43.1 Å². The van der Waals surface area contributed by atoms with Crippen LogP contribution in [0.4, 0.5) is 0 Å². The molecule has 0 aliphatic rings. The fourth-order valence-electron chi connectivity index (χ4n) is 1.72. The zero-order chi connectivity index (χ0) is 15.7. The first-order valence-electron chi connectivity index (χ1n) is 6.46. The molecule has 114 valence electrons. The molecule has 0 radical (unpaired) electrons. The second-order valence-electron chi connectivity index (χ2n) is 4.11. The Bertz CT molecular complexity index is 533. The molecular formula is C13H16Cl2N4O2. The van der Waals surface area contributed by atoms with E-state index in [1.807, 2.05) is 0 Å². The molecule has 0 aliphatic heterocycles. The highest BCUT2D eigenvalue weighted by molar-refractivity contribution is 6.35. The number of hydrogen-bond donors (Lipinski definition) is 1. The Morgan fingerprint density at radius 1 is 1.52 bits per heavy atom. The molecule has 1 rings (SSSR count). The average molecular weight is 331 g/mol. The fraction of sp³-hybridized carbons (Fsp3) is 0.462. The molecule has 0 bridgehead atoms. The second-order valence-corrected chi connectivity index (χ2v) is 4.96. The zero-order valence-corrected chi connectivity index (χ0v) is 13.1. The summed E-state index contributed by atoms with van der Waals surface area (Å²) in [4.78, 5) is 14.7. The molecule has 1 N–H and O–H groups in total. The van der Waals surface area contributed by atoms with E-state index in [1.165, 1.54) is 0 Å². The Hall–Kier alpha value is -1.46. The molecule has 0 aromatic heterocycles. The van der Waals surface area contributed by atoms with Gasteiger partial charge in [-0.2, -0.15) is 0 Å². The topological polar surface area (TPSA) is 87.1 Å². The number of rotatable bonds is 8. The highest BCUT2D eigenvalue weighted by Gasteiger charge is 2.23. The maximum absolute atomic E-state index is 12.0. The first-order chi connectivity index (χ1) is 10.1. The minimum absolute atomic E-state index is 0.279. The number of halogens is 2. The van der Waals surface area contributed by atoms with E-state index in [0.717, 1.165) is 0 Å². The summed E-state index contributed by atoms with van der Waals surface area (Å²) in [6.45, 7) is 2.86. The lowest BCUT2D eigenvalue weighted by Crippen LogP contribution is -2.31. The van der Waals surface area contributed by atoms with Crippen molar-refractivity contribution in [1.29, 1.82) is 0 Å². The minimum Gasteiger partial charge on any atom is -0.465 e. The van der Waals surface area contributed by atoms with E-state index in [9.17, 15) is 4.79 Å². The van der Waals surface area contributed by atoms with E-state index in [1.54, 1.807) is 25.1 Å². The molecule has 0 saturated heterocycles. The number of esters is 1. The van der Waals surface area contributed by atoms with Crippen LogP contribution in [-0.4, -0.2) is 25.7 Å². The summed E-state index contributed by atoms with van der Waals surface area (Å²) in [5, 5.41) is 7.37. The van der Waals surface area contributed by atoms with E-state index in [4.69, 9.17) is 33.5 Å². The number of benzene rings is 1. The third-order valence-corrected chi connectivity index (χ3v) is 3.20. The van der Waals surface area contributed by atoms with Crippen molar-refractivity contribution in [2.45, 2.75) is 19.4 Å². The lowest BCUT2D eigenvalue weighted by molar-refractivity contribution is -0.145. The number of azide groups is 1. The predicted octanol–water partition coefficient (Wildman–Crippen LogP) is 3.89. The van der Waals surface area contributed by atoms with Crippen molar-refractivity contribution in [3.63, 3.8) is 0 Å². The molecule has 21 heavy (non-hydrogen) atoms. The van der Waals surface area contributed by atoms with Crippen molar-refractivity contribution in [1.82, 2.24) is 5.32 Å². The second kappa shape index (κ2) is 9.47. The van der Waals surface area contributed by atoms with Crippen molar-refractivity contribution in [2.75, 3.05) is 19.7 Å². The molecule has 0 spiro atoms. The van der Waals surface area contributed by atoms with Gasteiger partial charge in [0, 0.05) is 21.5 Å². The van der Waals surface area contributed by atoms with Crippen molar-refractivity contribution < 1.29 is 9.53 Å². The summed E-state index contributed by atoms with van der Waals surface area (Å²) in [5.74, 6) is -0.412. The maximum atomic E-state index is 12.0. The lowest BCUT2D eigenvalue weighted by atomic mass is 10.1. The van der Waals surface area contributed by atoms with Gasteiger partial charge in [-0.15, -0.1) is 0 Å². The number of nitrogens with zero attached hydrogens (tertiary/aromatic N) is 3. The van der Waals surface area contributed by atoms with Gasteiger partial charge in [-0.3, -0.25) is 0 Å². The van der Waals surface area contributed by atoms with Gasteiger partial charge in [0.05, 0.1) is 6.61 Å². The van der Waals surface area contributed by atoms with Gasteiger partial charge in [-0.25, -0.2) is 4.79 Å². The van der Waals surface area contributed by atoms with Gasteiger partial charge in [0.1, 0.15) is 6.04 Å². The molecule has 0 heterocycles. The number of hydrogen-bond acceptors (Lipinski definition) is 4.